The zero-order valence-corrected chi connectivity index (χ0v) is 11.7. The summed E-state index contributed by atoms with van der Waals surface area (Å²) in [6, 6.07) is 4.18. The van der Waals surface area contributed by atoms with Crippen molar-refractivity contribution >= 4 is 23.2 Å². The van der Waals surface area contributed by atoms with Crippen LogP contribution in [-0.2, 0) is 6.42 Å². The molecule has 1 heterocycles. The lowest BCUT2D eigenvalue weighted by Gasteiger charge is -2.17. The van der Waals surface area contributed by atoms with Gasteiger partial charge in [0.15, 0.2) is 0 Å². The van der Waals surface area contributed by atoms with Crippen LogP contribution >= 0.6 is 23.2 Å². The highest BCUT2D eigenvalue weighted by Crippen LogP contribution is 2.26. The van der Waals surface area contributed by atoms with E-state index in [1.165, 1.54) is 12.3 Å². The minimum absolute atomic E-state index is 0.106. The Kier molecular flexibility index (Phi) is 4.88. The lowest BCUT2D eigenvalue weighted by Crippen LogP contribution is -2.30. The van der Waals surface area contributed by atoms with Crippen LogP contribution in [0, 0.1) is 11.6 Å². The van der Waals surface area contributed by atoms with Gasteiger partial charge in [0.25, 0.3) is 0 Å². The normalized spacial score (nSPS) is 12.4. The van der Waals surface area contributed by atoms with Crippen molar-refractivity contribution in [2.75, 3.05) is 0 Å². The molecular formula is C13H11Cl2F2N3. The second-order valence-corrected chi connectivity index (χ2v) is 5.02. The molecule has 20 heavy (non-hydrogen) atoms. The lowest BCUT2D eigenvalue weighted by molar-refractivity contribution is 0.514. The Morgan fingerprint density at radius 3 is 2.65 bits per heavy atom. The van der Waals surface area contributed by atoms with E-state index in [1.807, 2.05) is 0 Å². The van der Waals surface area contributed by atoms with Crippen molar-refractivity contribution in [1.29, 1.82) is 0 Å². The van der Waals surface area contributed by atoms with Gasteiger partial charge in [-0.25, -0.2) is 8.78 Å². The SMILES string of the molecule is NNC(Cc1cc(F)ccc1F)c1ncc(Cl)cc1Cl. The summed E-state index contributed by atoms with van der Waals surface area (Å²) in [6.45, 7) is 0. The molecule has 0 fully saturated rings. The molecule has 2 rings (SSSR count). The summed E-state index contributed by atoms with van der Waals surface area (Å²) < 4.78 is 26.8. The Labute approximate surface area is 124 Å². The van der Waals surface area contributed by atoms with Gasteiger partial charge in [-0.1, -0.05) is 23.2 Å². The van der Waals surface area contributed by atoms with E-state index in [4.69, 9.17) is 29.0 Å². The van der Waals surface area contributed by atoms with Crippen LogP contribution in [0.3, 0.4) is 0 Å². The van der Waals surface area contributed by atoms with E-state index in [2.05, 4.69) is 10.4 Å². The van der Waals surface area contributed by atoms with Gasteiger partial charge in [-0.3, -0.25) is 16.3 Å². The lowest BCUT2D eigenvalue weighted by atomic mass is 10.0. The minimum atomic E-state index is -0.559. The Morgan fingerprint density at radius 1 is 1.25 bits per heavy atom. The van der Waals surface area contributed by atoms with Gasteiger partial charge in [-0.2, -0.15) is 0 Å². The van der Waals surface area contributed by atoms with Crippen molar-refractivity contribution in [3.63, 3.8) is 0 Å². The molecule has 1 aromatic carbocycles. The van der Waals surface area contributed by atoms with Crippen molar-refractivity contribution < 1.29 is 8.78 Å². The van der Waals surface area contributed by atoms with Crippen LogP contribution in [0.1, 0.15) is 17.3 Å². The fourth-order valence-electron chi connectivity index (χ4n) is 1.84. The highest BCUT2D eigenvalue weighted by atomic mass is 35.5. The first-order valence-corrected chi connectivity index (χ1v) is 6.48. The van der Waals surface area contributed by atoms with Gasteiger partial charge in [-0.05, 0) is 36.2 Å². The maximum atomic E-state index is 13.6. The Hall–Kier alpha value is -1.27. The first-order chi connectivity index (χ1) is 9.51. The van der Waals surface area contributed by atoms with Crippen molar-refractivity contribution in [3.05, 3.63) is 63.4 Å². The molecule has 0 amide bonds. The zero-order valence-electron chi connectivity index (χ0n) is 10.2. The highest BCUT2D eigenvalue weighted by Gasteiger charge is 2.18. The Balaban J connectivity index is 2.31. The second-order valence-electron chi connectivity index (χ2n) is 4.18. The number of hydrazine groups is 1. The van der Waals surface area contributed by atoms with Gasteiger partial charge in [0, 0.05) is 6.20 Å². The van der Waals surface area contributed by atoms with Crippen LogP contribution in [0.4, 0.5) is 8.78 Å². The molecule has 0 saturated heterocycles. The second kappa shape index (κ2) is 6.45. The molecule has 106 valence electrons. The topological polar surface area (TPSA) is 50.9 Å². The standard InChI is InChI=1S/C13H11Cl2F2N3/c14-8-5-10(15)13(19-6-8)12(20-18)4-7-3-9(16)1-2-11(7)17/h1-3,5-6,12,20H,4,18H2. The molecule has 2 aromatic rings. The van der Waals surface area contributed by atoms with E-state index in [0.29, 0.717) is 15.7 Å². The third-order valence-electron chi connectivity index (χ3n) is 2.80. The number of hydrogen-bond acceptors (Lipinski definition) is 3. The summed E-state index contributed by atoms with van der Waals surface area (Å²) in [7, 11) is 0. The maximum absolute atomic E-state index is 13.6. The summed E-state index contributed by atoms with van der Waals surface area (Å²) in [5, 5.41) is 0.684. The number of aromatic nitrogens is 1. The van der Waals surface area contributed by atoms with Gasteiger partial charge < -0.3 is 0 Å². The van der Waals surface area contributed by atoms with Gasteiger partial charge in [-0.15, -0.1) is 0 Å². The molecule has 3 nitrogen and oxygen atoms in total. The van der Waals surface area contributed by atoms with E-state index in [1.54, 1.807) is 0 Å². The summed E-state index contributed by atoms with van der Waals surface area (Å²) in [5.41, 5.74) is 3.09. The maximum Gasteiger partial charge on any atom is 0.126 e. The molecule has 1 aromatic heterocycles. The van der Waals surface area contributed by atoms with E-state index in [0.717, 1.165) is 18.2 Å². The smallest absolute Gasteiger partial charge is 0.126 e. The summed E-state index contributed by atoms with van der Waals surface area (Å²) in [6.07, 6.45) is 1.52. The molecule has 0 saturated carbocycles. The van der Waals surface area contributed by atoms with E-state index in [9.17, 15) is 8.78 Å². The van der Waals surface area contributed by atoms with Crippen LogP contribution in [0.2, 0.25) is 10.0 Å². The third-order valence-corrected chi connectivity index (χ3v) is 3.31. The molecule has 0 radical (unpaired) electrons. The monoisotopic (exact) mass is 317 g/mol. The number of benzene rings is 1. The number of rotatable bonds is 4. The van der Waals surface area contributed by atoms with Crippen molar-refractivity contribution in [2.45, 2.75) is 12.5 Å². The zero-order chi connectivity index (χ0) is 14.7. The van der Waals surface area contributed by atoms with Crippen LogP contribution in [0.5, 0.6) is 0 Å². The first-order valence-electron chi connectivity index (χ1n) is 5.72. The van der Waals surface area contributed by atoms with Crippen LogP contribution < -0.4 is 11.3 Å². The molecule has 0 aliphatic carbocycles. The Bertz CT molecular complexity index is 623. The molecule has 7 heteroatoms. The van der Waals surface area contributed by atoms with E-state index < -0.39 is 17.7 Å². The quantitative estimate of drug-likeness (QED) is 0.671. The molecule has 0 spiro atoms. The van der Waals surface area contributed by atoms with E-state index in [-0.39, 0.29) is 12.0 Å². The van der Waals surface area contributed by atoms with Crippen molar-refractivity contribution in [2.24, 2.45) is 5.84 Å². The predicted molar refractivity (Wildman–Crippen MR) is 74.4 cm³/mol. The summed E-state index contributed by atoms with van der Waals surface area (Å²) in [4.78, 5) is 4.07. The minimum Gasteiger partial charge on any atom is -0.271 e. The van der Waals surface area contributed by atoms with Crippen LogP contribution in [-0.4, -0.2) is 4.98 Å². The number of nitrogens with two attached hydrogens (primary N) is 1. The summed E-state index contributed by atoms with van der Waals surface area (Å²) in [5.74, 6) is 4.41. The number of pyridine rings is 1. The Morgan fingerprint density at radius 2 is 2.00 bits per heavy atom. The van der Waals surface area contributed by atoms with Crippen LogP contribution in [0.15, 0.2) is 30.5 Å². The first kappa shape index (κ1) is 15.1. The molecular weight excluding hydrogens is 307 g/mol. The number of halogens is 4. The van der Waals surface area contributed by atoms with Gasteiger partial charge in [0.2, 0.25) is 0 Å². The number of nitrogens with one attached hydrogen (secondary N) is 1. The molecule has 1 unspecified atom stereocenters. The van der Waals surface area contributed by atoms with Gasteiger partial charge >= 0.3 is 0 Å². The fraction of sp³-hybridized carbons (Fsp3) is 0.154. The molecule has 1 atom stereocenters. The third kappa shape index (κ3) is 3.43. The average Bonchev–Trinajstić information content (AvgIpc) is 2.40. The number of nitrogens with zero attached hydrogens (tertiary/aromatic N) is 1. The van der Waals surface area contributed by atoms with Crippen molar-refractivity contribution in [3.8, 4) is 0 Å². The fourth-order valence-corrected chi connectivity index (χ4v) is 2.35. The van der Waals surface area contributed by atoms with Gasteiger partial charge in [0.05, 0.1) is 21.8 Å². The largest absolute Gasteiger partial charge is 0.271 e. The molecule has 3 N–H and O–H groups in total. The van der Waals surface area contributed by atoms with Gasteiger partial charge in [0.1, 0.15) is 11.6 Å². The highest BCUT2D eigenvalue weighted by molar-refractivity contribution is 6.34. The summed E-state index contributed by atoms with van der Waals surface area (Å²) >= 11 is 11.8. The molecule has 0 aliphatic heterocycles. The van der Waals surface area contributed by atoms with Crippen LogP contribution in [0.25, 0.3) is 0 Å². The van der Waals surface area contributed by atoms with E-state index >= 15 is 0 Å². The predicted octanol–water partition coefficient (Wildman–Crippen LogP) is 3.41. The molecule has 0 aliphatic rings. The average molecular weight is 318 g/mol. The van der Waals surface area contributed by atoms with Crippen molar-refractivity contribution in [1.82, 2.24) is 10.4 Å². The molecule has 0 bridgehead atoms. The number of hydrogen-bond donors (Lipinski definition) is 2.